The summed E-state index contributed by atoms with van der Waals surface area (Å²) in [6.07, 6.45) is 2.68. The summed E-state index contributed by atoms with van der Waals surface area (Å²) in [4.78, 5) is 28.5. The third-order valence-electron chi connectivity index (χ3n) is 4.19. The predicted molar refractivity (Wildman–Crippen MR) is 98.7 cm³/mol. The maximum Gasteiger partial charge on any atom is 0.255 e. The van der Waals surface area contributed by atoms with E-state index in [4.69, 9.17) is 4.42 Å². The molecule has 1 aliphatic heterocycles. The zero-order chi connectivity index (χ0) is 16.9. The lowest BCUT2D eigenvalue weighted by molar-refractivity contribution is -0.132. The minimum absolute atomic E-state index is 0.0442. The maximum atomic E-state index is 12.6. The Morgan fingerprint density at radius 2 is 1.71 bits per heavy atom. The third kappa shape index (κ3) is 3.98. The number of carbonyl (C=O) groups excluding carboxylic acids is 2. The van der Waals surface area contributed by atoms with E-state index in [0.717, 1.165) is 14.9 Å². The highest BCUT2D eigenvalue weighted by molar-refractivity contribution is 14.1. The van der Waals surface area contributed by atoms with Crippen LogP contribution in [0.4, 0.5) is 0 Å². The van der Waals surface area contributed by atoms with Crippen LogP contribution in [0.5, 0.6) is 0 Å². The molecule has 0 atom stereocenters. The highest BCUT2D eigenvalue weighted by atomic mass is 127. The lowest BCUT2D eigenvalue weighted by Crippen LogP contribution is -2.50. The number of aryl methyl sites for hydroxylation is 1. The Kier molecular flexibility index (Phi) is 5.55. The molecule has 3 rings (SSSR count). The Morgan fingerprint density at radius 3 is 2.38 bits per heavy atom. The van der Waals surface area contributed by atoms with Gasteiger partial charge in [0.1, 0.15) is 5.76 Å². The normalized spacial score (nSPS) is 14.7. The molecule has 6 heteroatoms. The zero-order valence-corrected chi connectivity index (χ0v) is 15.4. The highest BCUT2D eigenvalue weighted by Crippen LogP contribution is 2.16. The van der Waals surface area contributed by atoms with Crippen LogP contribution < -0.4 is 0 Å². The van der Waals surface area contributed by atoms with Crippen LogP contribution in [0.1, 0.15) is 22.5 Å². The molecule has 2 amide bonds. The molecule has 24 heavy (non-hydrogen) atoms. The molecule has 1 aliphatic rings. The molecule has 0 aliphatic carbocycles. The van der Waals surface area contributed by atoms with E-state index in [-0.39, 0.29) is 11.8 Å². The Balaban J connectivity index is 1.51. The average Bonchev–Trinajstić information content (AvgIpc) is 3.13. The zero-order valence-electron chi connectivity index (χ0n) is 13.3. The second kappa shape index (κ2) is 7.83. The number of piperazine rings is 1. The van der Waals surface area contributed by atoms with Crippen molar-refractivity contribution in [2.75, 3.05) is 26.2 Å². The van der Waals surface area contributed by atoms with Gasteiger partial charge in [-0.1, -0.05) is 12.1 Å². The van der Waals surface area contributed by atoms with E-state index in [2.05, 4.69) is 22.6 Å². The van der Waals surface area contributed by atoms with Crippen molar-refractivity contribution in [3.63, 3.8) is 0 Å². The van der Waals surface area contributed by atoms with E-state index in [9.17, 15) is 9.59 Å². The fourth-order valence-electron chi connectivity index (χ4n) is 2.81. The van der Waals surface area contributed by atoms with Crippen LogP contribution in [0, 0.1) is 3.57 Å². The molecule has 0 bridgehead atoms. The first-order valence-electron chi connectivity index (χ1n) is 7.99. The lowest BCUT2D eigenvalue weighted by atomic mass is 10.1. The Labute approximate surface area is 154 Å². The number of halogens is 1. The maximum absolute atomic E-state index is 12.6. The number of carbonyl (C=O) groups is 2. The van der Waals surface area contributed by atoms with Gasteiger partial charge in [-0.15, -0.1) is 0 Å². The molecule has 0 spiro atoms. The van der Waals surface area contributed by atoms with Crippen molar-refractivity contribution >= 4 is 34.4 Å². The van der Waals surface area contributed by atoms with Gasteiger partial charge in [0.25, 0.3) is 5.91 Å². The first-order valence-corrected chi connectivity index (χ1v) is 9.07. The van der Waals surface area contributed by atoms with Gasteiger partial charge in [0.05, 0.1) is 11.8 Å². The van der Waals surface area contributed by atoms with Gasteiger partial charge in [-0.2, -0.15) is 0 Å². The van der Waals surface area contributed by atoms with Crippen molar-refractivity contribution in [3.8, 4) is 0 Å². The van der Waals surface area contributed by atoms with Crippen molar-refractivity contribution in [2.24, 2.45) is 0 Å². The van der Waals surface area contributed by atoms with Crippen LogP contribution in [0.3, 0.4) is 0 Å². The van der Waals surface area contributed by atoms with Crippen molar-refractivity contribution in [1.82, 2.24) is 9.80 Å². The van der Waals surface area contributed by atoms with Gasteiger partial charge in [0.15, 0.2) is 0 Å². The molecule has 1 saturated heterocycles. The van der Waals surface area contributed by atoms with E-state index in [1.54, 1.807) is 6.26 Å². The fraction of sp³-hybridized carbons (Fsp3) is 0.333. The quantitative estimate of drug-likeness (QED) is 0.691. The summed E-state index contributed by atoms with van der Waals surface area (Å²) in [7, 11) is 0. The minimum Gasteiger partial charge on any atom is -0.469 e. The number of amides is 2. The van der Waals surface area contributed by atoms with Crippen molar-refractivity contribution < 1.29 is 14.0 Å². The lowest BCUT2D eigenvalue weighted by Gasteiger charge is -2.35. The number of nitrogens with zero attached hydrogens (tertiary/aromatic N) is 2. The summed E-state index contributed by atoms with van der Waals surface area (Å²) < 4.78 is 6.21. The first-order chi connectivity index (χ1) is 11.6. The van der Waals surface area contributed by atoms with Crippen molar-refractivity contribution in [1.29, 1.82) is 0 Å². The van der Waals surface area contributed by atoms with Crippen LogP contribution in [-0.2, 0) is 11.2 Å². The smallest absolute Gasteiger partial charge is 0.255 e. The summed E-state index contributed by atoms with van der Waals surface area (Å²) in [5.41, 5.74) is 0.732. The summed E-state index contributed by atoms with van der Waals surface area (Å²) in [5, 5.41) is 0. The van der Waals surface area contributed by atoms with Gasteiger partial charge < -0.3 is 14.2 Å². The van der Waals surface area contributed by atoms with Crippen LogP contribution >= 0.6 is 22.6 Å². The second-order valence-electron chi connectivity index (χ2n) is 5.73. The molecule has 1 aromatic carbocycles. The van der Waals surface area contributed by atoms with E-state index in [1.807, 2.05) is 46.2 Å². The van der Waals surface area contributed by atoms with Crippen LogP contribution in [-0.4, -0.2) is 47.8 Å². The number of hydrogen-bond donors (Lipinski definition) is 0. The molecule has 0 unspecified atom stereocenters. The van der Waals surface area contributed by atoms with Crippen LogP contribution in [0.15, 0.2) is 47.1 Å². The van der Waals surface area contributed by atoms with Gasteiger partial charge >= 0.3 is 0 Å². The molecule has 1 aromatic heterocycles. The predicted octanol–water partition coefficient (Wildman–Crippen LogP) is 2.80. The molecular weight excluding hydrogens is 419 g/mol. The number of benzene rings is 1. The molecule has 0 radical (unpaired) electrons. The Hall–Kier alpha value is -1.83. The molecule has 0 saturated carbocycles. The van der Waals surface area contributed by atoms with E-state index in [0.29, 0.717) is 39.0 Å². The van der Waals surface area contributed by atoms with E-state index < -0.39 is 0 Å². The standard InChI is InChI=1S/C18H19IN2O3/c19-16-6-2-1-5-15(16)18(23)21-11-9-20(10-12-21)17(22)8-7-14-4-3-13-24-14/h1-6,13H,7-12H2. The van der Waals surface area contributed by atoms with E-state index >= 15 is 0 Å². The second-order valence-corrected chi connectivity index (χ2v) is 6.89. The first kappa shape index (κ1) is 17.0. The van der Waals surface area contributed by atoms with Gasteiger partial charge in [0, 0.05) is 42.6 Å². The number of hydrogen-bond acceptors (Lipinski definition) is 3. The molecule has 0 N–H and O–H groups in total. The molecule has 2 heterocycles. The van der Waals surface area contributed by atoms with Gasteiger partial charge in [-0.25, -0.2) is 0 Å². The van der Waals surface area contributed by atoms with Gasteiger partial charge in [-0.3, -0.25) is 9.59 Å². The Morgan fingerprint density at radius 1 is 1.00 bits per heavy atom. The summed E-state index contributed by atoms with van der Waals surface area (Å²) >= 11 is 2.18. The van der Waals surface area contributed by atoms with Crippen LogP contribution in [0.25, 0.3) is 0 Å². The fourth-order valence-corrected chi connectivity index (χ4v) is 3.43. The van der Waals surface area contributed by atoms with E-state index in [1.165, 1.54) is 0 Å². The highest BCUT2D eigenvalue weighted by Gasteiger charge is 2.25. The van der Waals surface area contributed by atoms with Crippen molar-refractivity contribution in [3.05, 3.63) is 57.6 Å². The molecule has 5 nitrogen and oxygen atoms in total. The Bertz CT molecular complexity index is 707. The average molecular weight is 438 g/mol. The van der Waals surface area contributed by atoms with Crippen molar-refractivity contribution in [2.45, 2.75) is 12.8 Å². The number of furan rings is 1. The van der Waals surface area contributed by atoms with Gasteiger partial charge in [-0.05, 0) is 46.9 Å². The van der Waals surface area contributed by atoms with Crippen LogP contribution in [0.2, 0.25) is 0 Å². The summed E-state index contributed by atoms with van der Waals surface area (Å²) in [5.74, 6) is 0.992. The molecule has 126 valence electrons. The van der Waals surface area contributed by atoms with Gasteiger partial charge in [0.2, 0.25) is 5.91 Å². The molecular formula is C18H19IN2O3. The minimum atomic E-state index is 0.0442. The topological polar surface area (TPSA) is 53.8 Å². The molecule has 1 fully saturated rings. The third-order valence-corrected chi connectivity index (χ3v) is 5.13. The molecule has 2 aromatic rings. The largest absolute Gasteiger partial charge is 0.469 e. The summed E-state index contributed by atoms with van der Waals surface area (Å²) in [6, 6.07) is 11.3. The number of rotatable bonds is 4. The monoisotopic (exact) mass is 438 g/mol. The SMILES string of the molecule is O=C(CCc1ccco1)N1CCN(C(=O)c2ccccc2I)CC1. The summed E-state index contributed by atoms with van der Waals surface area (Å²) in [6.45, 7) is 2.34.